The van der Waals surface area contributed by atoms with Crippen LogP contribution >= 0.6 is 11.3 Å². The van der Waals surface area contributed by atoms with Gasteiger partial charge in [-0.3, -0.25) is 4.98 Å². The van der Waals surface area contributed by atoms with Crippen molar-refractivity contribution in [2.24, 2.45) is 0 Å². The third-order valence-electron chi connectivity index (χ3n) is 7.67. The smallest absolute Gasteiger partial charge is 0.410 e. The monoisotopic (exact) mass is 558 g/mol. The lowest BCUT2D eigenvalue weighted by atomic mass is 9.91. The number of piperidine rings is 1. The van der Waals surface area contributed by atoms with Crippen LogP contribution in [0.3, 0.4) is 0 Å². The molecule has 0 aliphatic carbocycles. The lowest BCUT2D eigenvalue weighted by molar-refractivity contribution is 0.0848. The summed E-state index contributed by atoms with van der Waals surface area (Å²) in [7, 11) is 0. The molecule has 0 spiro atoms. The topological polar surface area (TPSA) is 78.2 Å². The van der Waals surface area contributed by atoms with E-state index in [9.17, 15) is 10.1 Å². The van der Waals surface area contributed by atoms with E-state index in [1.54, 1.807) is 16.2 Å². The molecule has 1 aromatic heterocycles. The SMILES string of the molecule is N#Cc1ccc(C(NC2CCN(C(=O)OCc3ccccc3)CC2)c2cncs2)cc1-c1cccc2ccccc12. The van der Waals surface area contributed by atoms with Crippen LogP contribution in [0.25, 0.3) is 21.9 Å². The Balaban J connectivity index is 1.20. The van der Waals surface area contributed by atoms with Crippen LogP contribution < -0.4 is 5.32 Å². The van der Waals surface area contributed by atoms with Crippen LogP contribution in [0.2, 0.25) is 0 Å². The molecule has 7 heteroatoms. The fourth-order valence-corrected chi connectivity index (χ4v) is 6.21. The molecule has 4 aromatic carbocycles. The second-order valence-corrected chi connectivity index (χ2v) is 11.2. The molecule has 0 radical (unpaired) electrons. The van der Waals surface area contributed by atoms with Gasteiger partial charge in [0.05, 0.1) is 23.2 Å². The number of nitrogens with one attached hydrogen (secondary N) is 1. The molecule has 204 valence electrons. The van der Waals surface area contributed by atoms with Gasteiger partial charge in [-0.05, 0) is 52.4 Å². The lowest BCUT2D eigenvalue weighted by Gasteiger charge is -2.34. The number of likely N-dealkylation sites (tertiary alicyclic amines) is 1. The number of fused-ring (bicyclic) bond motifs is 1. The van der Waals surface area contributed by atoms with Gasteiger partial charge in [0.25, 0.3) is 0 Å². The normalized spacial score (nSPS) is 14.5. The van der Waals surface area contributed by atoms with Gasteiger partial charge < -0.3 is 15.0 Å². The first-order chi connectivity index (χ1) is 20.2. The van der Waals surface area contributed by atoms with Gasteiger partial charge in [0, 0.05) is 35.8 Å². The van der Waals surface area contributed by atoms with E-state index < -0.39 is 0 Å². The van der Waals surface area contributed by atoms with Crippen molar-refractivity contribution in [3.63, 3.8) is 0 Å². The third-order valence-corrected chi connectivity index (χ3v) is 8.51. The Bertz CT molecular complexity index is 1670. The fraction of sp³-hybridized carbons (Fsp3) is 0.206. The molecule has 41 heavy (non-hydrogen) atoms. The second kappa shape index (κ2) is 12.3. The van der Waals surface area contributed by atoms with Crippen LogP contribution in [0.4, 0.5) is 4.79 Å². The van der Waals surface area contributed by atoms with Crippen LogP contribution in [-0.4, -0.2) is 35.1 Å². The van der Waals surface area contributed by atoms with Crippen molar-refractivity contribution in [2.45, 2.75) is 31.5 Å². The number of nitrogens with zero attached hydrogens (tertiary/aromatic N) is 3. The van der Waals surface area contributed by atoms with Gasteiger partial charge in [0.2, 0.25) is 0 Å². The van der Waals surface area contributed by atoms with Crippen molar-refractivity contribution in [2.75, 3.05) is 13.1 Å². The van der Waals surface area contributed by atoms with E-state index in [-0.39, 0.29) is 24.8 Å². The van der Waals surface area contributed by atoms with Crippen molar-refractivity contribution in [1.82, 2.24) is 15.2 Å². The number of benzene rings is 4. The van der Waals surface area contributed by atoms with Gasteiger partial charge >= 0.3 is 6.09 Å². The summed E-state index contributed by atoms with van der Waals surface area (Å²) >= 11 is 1.62. The number of hydrogen-bond donors (Lipinski definition) is 1. The van der Waals surface area contributed by atoms with Gasteiger partial charge in [-0.1, -0.05) is 78.9 Å². The molecule has 1 N–H and O–H groups in total. The highest BCUT2D eigenvalue weighted by molar-refractivity contribution is 7.09. The molecule has 2 heterocycles. The quantitative estimate of drug-likeness (QED) is 0.227. The first-order valence-electron chi connectivity index (χ1n) is 13.8. The van der Waals surface area contributed by atoms with Gasteiger partial charge in [-0.15, -0.1) is 11.3 Å². The Kier molecular flexibility index (Phi) is 8.04. The standard InChI is InChI=1S/C34H30N4O2S/c35-20-27-14-13-26(19-31(27)30-12-6-10-25-9-4-5-11-29(25)30)33(32-21-36-23-41-32)37-28-15-17-38(18-16-28)34(39)40-22-24-7-2-1-3-8-24/h1-14,19,21,23,28,33,37H,15-18,22H2. The minimum absolute atomic E-state index is 0.0782. The van der Waals surface area contributed by atoms with Gasteiger partial charge in [-0.25, -0.2) is 4.79 Å². The Hall–Kier alpha value is -4.51. The number of hydrogen-bond acceptors (Lipinski definition) is 6. The van der Waals surface area contributed by atoms with E-state index in [4.69, 9.17) is 4.74 Å². The maximum atomic E-state index is 12.7. The Morgan fingerprint density at radius 1 is 1.00 bits per heavy atom. The summed E-state index contributed by atoms with van der Waals surface area (Å²) in [5.41, 5.74) is 6.54. The molecular weight excluding hydrogens is 528 g/mol. The maximum Gasteiger partial charge on any atom is 0.410 e. The van der Waals surface area contributed by atoms with Crippen molar-refractivity contribution in [3.05, 3.63) is 124 Å². The highest BCUT2D eigenvalue weighted by atomic mass is 32.1. The molecule has 0 saturated carbocycles. The highest BCUT2D eigenvalue weighted by Gasteiger charge is 2.27. The van der Waals surface area contributed by atoms with Crippen LogP contribution in [-0.2, 0) is 11.3 Å². The summed E-state index contributed by atoms with van der Waals surface area (Å²) in [5, 5.41) is 16.1. The Morgan fingerprint density at radius 2 is 1.78 bits per heavy atom. The molecule has 1 unspecified atom stereocenters. The molecule has 5 aromatic rings. The predicted molar refractivity (Wildman–Crippen MR) is 162 cm³/mol. The fourth-order valence-electron chi connectivity index (χ4n) is 5.51. The summed E-state index contributed by atoms with van der Waals surface area (Å²) in [6.45, 7) is 1.55. The first kappa shape index (κ1) is 26.7. The zero-order chi connectivity index (χ0) is 28.0. The molecule has 1 amide bonds. The summed E-state index contributed by atoms with van der Waals surface area (Å²) in [6, 6.07) is 32.9. The van der Waals surface area contributed by atoms with Crippen molar-refractivity contribution in [1.29, 1.82) is 5.26 Å². The van der Waals surface area contributed by atoms with E-state index >= 15 is 0 Å². The Labute approximate surface area is 243 Å². The minimum atomic E-state index is -0.266. The minimum Gasteiger partial charge on any atom is -0.445 e. The van der Waals surface area contributed by atoms with Crippen molar-refractivity contribution < 1.29 is 9.53 Å². The van der Waals surface area contributed by atoms with E-state index in [0.29, 0.717) is 18.7 Å². The predicted octanol–water partition coefficient (Wildman–Crippen LogP) is 7.32. The van der Waals surface area contributed by atoms with Crippen LogP contribution in [0.1, 0.15) is 40.5 Å². The molecule has 1 saturated heterocycles. The third kappa shape index (κ3) is 5.99. The number of rotatable bonds is 7. The molecule has 1 aliphatic rings. The number of ether oxygens (including phenoxy) is 1. The maximum absolute atomic E-state index is 12.7. The lowest BCUT2D eigenvalue weighted by Crippen LogP contribution is -2.46. The molecule has 6 nitrogen and oxygen atoms in total. The van der Waals surface area contributed by atoms with Crippen LogP contribution in [0, 0.1) is 11.3 Å². The van der Waals surface area contributed by atoms with Gasteiger partial charge in [0.1, 0.15) is 6.61 Å². The Morgan fingerprint density at radius 3 is 2.56 bits per heavy atom. The number of aromatic nitrogens is 1. The number of carbonyl (C=O) groups excluding carboxylic acids is 1. The van der Waals surface area contributed by atoms with Crippen LogP contribution in [0.15, 0.2) is 103 Å². The first-order valence-corrected chi connectivity index (χ1v) is 14.7. The van der Waals surface area contributed by atoms with E-state index in [0.717, 1.165) is 50.7 Å². The number of nitriles is 1. The number of carbonyl (C=O) groups is 1. The van der Waals surface area contributed by atoms with Crippen molar-refractivity contribution in [3.8, 4) is 17.2 Å². The highest BCUT2D eigenvalue weighted by Crippen LogP contribution is 2.35. The molecule has 0 bridgehead atoms. The average Bonchev–Trinajstić information content (AvgIpc) is 3.58. The zero-order valence-electron chi connectivity index (χ0n) is 22.6. The summed E-state index contributed by atoms with van der Waals surface area (Å²) in [6.07, 6.45) is 3.29. The summed E-state index contributed by atoms with van der Waals surface area (Å²) in [5.74, 6) is 0. The molecule has 1 fully saturated rings. The van der Waals surface area contributed by atoms with E-state index in [1.165, 1.54) is 0 Å². The average molecular weight is 559 g/mol. The van der Waals surface area contributed by atoms with Crippen LogP contribution in [0.5, 0.6) is 0 Å². The van der Waals surface area contributed by atoms with Gasteiger partial charge in [-0.2, -0.15) is 5.26 Å². The molecule has 1 atom stereocenters. The number of amides is 1. The summed E-state index contributed by atoms with van der Waals surface area (Å²) < 4.78 is 5.55. The molecule has 1 aliphatic heterocycles. The molecule has 6 rings (SSSR count). The van der Waals surface area contributed by atoms with E-state index in [1.807, 2.05) is 72.4 Å². The van der Waals surface area contributed by atoms with Gasteiger partial charge in [0.15, 0.2) is 0 Å². The largest absolute Gasteiger partial charge is 0.445 e. The van der Waals surface area contributed by atoms with E-state index in [2.05, 4.69) is 46.7 Å². The molecular formula is C34H30N4O2S. The summed E-state index contributed by atoms with van der Waals surface area (Å²) in [4.78, 5) is 19.9. The number of thiazole rings is 1. The van der Waals surface area contributed by atoms with Crippen molar-refractivity contribution >= 4 is 28.2 Å². The second-order valence-electron chi connectivity index (χ2n) is 10.2. The zero-order valence-corrected chi connectivity index (χ0v) is 23.4.